The Labute approximate surface area is 155 Å². The maximum absolute atomic E-state index is 5.29. The first-order valence-corrected chi connectivity index (χ1v) is 8.99. The molecule has 3 aromatic heterocycles. The summed E-state index contributed by atoms with van der Waals surface area (Å²) in [5.74, 6) is 2.78. The van der Waals surface area contributed by atoms with Crippen molar-refractivity contribution in [2.24, 2.45) is 0 Å². The summed E-state index contributed by atoms with van der Waals surface area (Å²) in [6, 6.07) is 10.6. The molecule has 0 fully saturated rings. The van der Waals surface area contributed by atoms with Gasteiger partial charge in [0, 0.05) is 13.0 Å². The Morgan fingerprint density at radius 2 is 2.00 bits per heavy atom. The van der Waals surface area contributed by atoms with Crippen LogP contribution in [0.4, 0.5) is 5.82 Å². The molecule has 136 valence electrons. The van der Waals surface area contributed by atoms with Crippen LogP contribution in [0, 0.1) is 6.92 Å². The molecule has 0 amide bonds. The third kappa shape index (κ3) is 2.64. The van der Waals surface area contributed by atoms with Gasteiger partial charge in [0.05, 0.1) is 18.3 Å². The lowest BCUT2D eigenvalue weighted by atomic mass is 10.1. The molecule has 0 spiro atoms. The fourth-order valence-corrected chi connectivity index (χ4v) is 3.82. The van der Waals surface area contributed by atoms with E-state index in [0.717, 1.165) is 41.5 Å². The van der Waals surface area contributed by atoms with E-state index in [9.17, 15) is 0 Å². The summed E-state index contributed by atoms with van der Waals surface area (Å²) in [5, 5.41) is 13.8. The van der Waals surface area contributed by atoms with Gasteiger partial charge in [-0.2, -0.15) is 4.98 Å². The number of hydrogen-bond acceptors (Lipinski definition) is 7. The highest BCUT2D eigenvalue weighted by Crippen LogP contribution is 2.31. The van der Waals surface area contributed by atoms with Crippen LogP contribution in [0.1, 0.15) is 35.9 Å². The van der Waals surface area contributed by atoms with Crippen LogP contribution in [0.3, 0.4) is 0 Å². The zero-order valence-electron chi connectivity index (χ0n) is 15.2. The van der Waals surface area contributed by atoms with Gasteiger partial charge < -0.3 is 14.0 Å². The molecule has 8 heteroatoms. The topological polar surface area (TPSA) is 85.8 Å². The average molecular weight is 361 g/mol. The molecule has 0 saturated carbocycles. The fraction of sp³-hybridized carbons (Fsp3) is 0.316. The van der Waals surface area contributed by atoms with Crippen LogP contribution >= 0.6 is 0 Å². The van der Waals surface area contributed by atoms with Gasteiger partial charge in [-0.3, -0.25) is 0 Å². The molecule has 0 saturated heterocycles. The normalized spacial score (nSPS) is 16.7. The zero-order chi connectivity index (χ0) is 18.4. The van der Waals surface area contributed by atoms with Gasteiger partial charge in [0.2, 0.25) is 0 Å². The molecular weight excluding hydrogens is 342 g/mol. The van der Waals surface area contributed by atoms with Gasteiger partial charge in [0.1, 0.15) is 23.4 Å². The van der Waals surface area contributed by atoms with Crippen molar-refractivity contribution in [3.63, 3.8) is 0 Å². The number of aryl methyl sites for hydroxylation is 1. The van der Waals surface area contributed by atoms with Crippen molar-refractivity contribution in [2.45, 2.75) is 32.9 Å². The van der Waals surface area contributed by atoms with Crippen LogP contribution in [0.25, 0.3) is 11.1 Å². The number of benzene rings is 1. The third-order valence-corrected chi connectivity index (χ3v) is 5.02. The Morgan fingerprint density at radius 1 is 1.15 bits per heavy atom. The first-order chi connectivity index (χ1) is 13.2. The van der Waals surface area contributed by atoms with Crippen molar-refractivity contribution in [3.8, 4) is 0 Å². The van der Waals surface area contributed by atoms with Crippen molar-refractivity contribution >= 4 is 16.9 Å². The first-order valence-electron chi connectivity index (χ1n) is 8.99. The van der Waals surface area contributed by atoms with Crippen molar-refractivity contribution < 1.29 is 4.52 Å². The van der Waals surface area contributed by atoms with E-state index in [0.29, 0.717) is 12.3 Å². The molecule has 0 aliphatic carbocycles. The second-order valence-corrected chi connectivity index (χ2v) is 6.94. The maximum Gasteiger partial charge on any atom is 0.263 e. The van der Waals surface area contributed by atoms with Crippen LogP contribution in [-0.2, 0) is 13.0 Å². The molecule has 5 rings (SSSR count). The molecule has 1 aliphatic heterocycles. The third-order valence-electron chi connectivity index (χ3n) is 5.02. The van der Waals surface area contributed by atoms with Crippen molar-refractivity contribution in [1.82, 2.24) is 29.9 Å². The highest BCUT2D eigenvalue weighted by atomic mass is 16.5. The molecule has 0 radical (unpaired) electrons. The molecule has 4 heterocycles. The number of hydrogen-bond donors (Lipinski definition) is 0. The summed E-state index contributed by atoms with van der Waals surface area (Å²) >= 11 is 0. The Morgan fingerprint density at radius 3 is 2.85 bits per heavy atom. The second-order valence-electron chi connectivity index (χ2n) is 6.94. The van der Waals surface area contributed by atoms with Gasteiger partial charge in [-0.15, -0.1) is 10.2 Å². The molecule has 4 aromatic rings. The van der Waals surface area contributed by atoms with Crippen LogP contribution in [0.2, 0.25) is 0 Å². The summed E-state index contributed by atoms with van der Waals surface area (Å²) < 4.78 is 7.54. The van der Waals surface area contributed by atoms with E-state index in [1.807, 2.05) is 13.0 Å². The lowest BCUT2D eigenvalue weighted by Gasteiger charge is -2.33. The van der Waals surface area contributed by atoms with E-state index in [1.54, 1.807) is 0 Å². The number of rotatable bonds is 3. The lowest BCUT2D eigenvalue weighted by molar-refractivity contribution is 0.442. The maximum atomic E-state index is 5.29. The Bertz CT molecular complexity index is 1100. The van der Waals surface area contributed by atoms with E-state index in [2.05, 4.69) is 66.0 Å². The standard InChI is InChI=1S/C19H19N7O/c1-12-9-25(18-17-13(2)24-27-19(17)21-11-20-18)10-16-23-22-15(26(12)16)8-14-6-4-3-5-7-14/h3-7,11-12H,8-10H2,1-2H3/t12-/m0/s1. The fourth-order valence-electron chi connectivity index (χ4n) is 3.82. The molecular formula is C19H19N7O. The molecule has 27 heavy (non-hydrogen) atoms. The van der Waals surface area contributed by atoms with Crippen molar-refractivity contribution in [2.75, 3.05) is 11.4 Å². The van der Waals surface area contributed by atoms with Gasteiger partial charge in [-0.1, -0.05) is 35.5 Å². The molecule has 1 aromatic carbocycles. The molecule has 0 N–H and O–H groups in total. The number of nitrogens with zero attached hydrogens (tertiary/aromatic N) is 7. The minimum atomic E-state index is 0.229. The van der Waals surface area contributed by atoms with E-state index < -0.39 is 0 Å². The largest absolute Gasteiger partial charge is 0.346 e. The van der Waals surface area contributed by atoms with Gasteiger partial charge in [-0.25, -0.2) is 4.98 Å². The molecule has 8 nitrogen and oxygen atoms in total. The van der Waals surface area contributed by atoms with E-state index in [-0.39, 0.29) is 6.04 Å². The van der Waals surface area contributed by atoms with Crippen LogP contribution in [0.5, 0.6) is 0 Å². The van der Waals surface area contributed by atoms with Crippen molar-refractivity contribution in [3.05, 3.63) is 59.6 Å². The molecule has 0 bridgehead atoms. The molecule has 0 unspecified atom stereocenters. The number of anilines is 1. The zero-order valence-corrected chi connectivity index (χ0v) is 15.2. The monoisotopic (exact) mass is 361 g/mol. The predicted octanol–water partition coefficient (Wildman–Crippen LogP) is 2.69. The van der Waals surface area contributed by atoms with E-state index >= 15 is 0 Å². The summed E-state index contributed by atoms with van der Waals surface area (Å²) in [6.07, 6.45) is 2.30. The highest BCUT2D eigenvalue weighted by Gasteiger charge is 2.29. The minimum Gasteiger partial charge on any atom is -0.346 e. The molecule has 1 aliphatic rings. The Hall–Kier alpha value is -3.29. The van der Waals surface area contributed by atoms with Crippen LogP contribution in [-0.4, -0.2) is 36.4 Å². The van der Waals surface area contributed by atoms with E-state index in [4.69, 9.17) is 4.52 Å². The lowest BCUT2D eigenvalue weighted by Crippen LogP contribution is -2.37. The van der Waals surface area contributed by atoms with Gasteiger partial charge >= 0.3 is 0 Å². The number of aromatic nitrogens is 6. The first kappa shape index (κ1) is 15.9. The smallest absolute Gasteiger partial charge is 0.263 e. The van der Waals surface area contributed by atoms with Gasteiger partial charge in [-0.05, 0) is 19.4 Å². The quantitative estimate of drug-likeness (QED) is 0.554. The van der Waals surface area contributed by atoms with E-state index in [1.165, 1.54) is 11.9 Å². The molecule has 1 atom stereocenters. The second kappa shape index (κ2) is 6.15. The Balaban J connectivity index is 1.49. The summed E-state index contributed by atoms with van der Waals surface area (Å²) in [5.41, 5.74) is 2.55. The highest BCUT2D eigenvalue weighted by molar-refractivity contribution is 5.87. The summed E-state index contributed by atoms with van der Waals surface area (Å²) in [7, 11) is 0. The van der Waals surface area contributed by atoms with Crippen LogP contribution in [0.15, 0.2) is 41.2 Å². The Kier molecular flexibility index (Phi) is 3.63. The van der Waals surface area contributed by atoms with Crippen LogP contribution < -0.4 is 4.90 Å². The number of fused-ring (bicyclic) bond motifs is 2. The van der Waals surface area contributed by atoms with Crippen molar-refractivity contribution in [1.29, 1.82) is 0 Å². The van der Waals surface area contributed by atoms with Gasteiger partial charge in [0.15, 0.2) is 5.82 Å². The summed E-state index contributed by atoms with van der Waals surface area (Å²) in [4.78, 5) is 10.9. The average Bonchev–Trinajstić information content (AvgIpc) is 3.27. The SMILES string of the molecule is Cc1noc2ncnc(N3Cc4nnc(Cc5ccccc5)n4[C@@H](C)C3)c12. The predicted molar refractivity (Wildman–Crippen MR) is 99.4 cm³/mol. The summed E-state index contributed by atoms with van der Waals surface area (Å²) in [6.45, 7) is 5.55. The van der Waals surface area contributed by atoms with Gasteiger partial charge in [0.25, 0.3) is 5.71 Å². The minimum absolute atomic E-state index is 0.229.